The second kappa shape index (κ2) is 9.77. The Kier molecular flexibility index (Phi) is 7.22. The summed E-state index contributed by atoms with van der Waals surface area (Å²) >= 11 is 0. The number of nitrogens with zero attached hydrogens (tertiary/aromatic N) is 3. The molecule has 1 fully saturated rings. The highest BCUT2D eigenvalue weighted by Gasteiger charge is 2.42. The van der Waals surface area contributed by atoms with E-state index in [1.807, 2.05) is 0 Å². The quantitative estimate of drug-likeness (QED) is 0.602. The number of aryl methyl sites for hydroxylation is 1. The molecule has 0 bridgehead atoms. The third-order valence-electron chi connectivity index (χ3n) is 5.05. The summed E-state index contributed by atoms with van der Waals surface area (Å²) in [6, 6.07) is 4.34. The molecule has 34 heavy (non-hydrogen) atoms. The Morgan fingerprint density at radius 3 is 2.65 bits per heavy atom. The van der Waals surface area contributed by atoms with Crippen molar-refractivity contribution in [3.05, 3.63) is 41.7 Å². The molecule has 3 heterocycles. The molecule has 1 aliphatic heterocycles. The van der Waals surface area contributed by atoms with Gasteiger partial charge in [-0.2, -0.15) is 0 Å². The van der Waals surface area contributed by atoms with Crippen LogP contribution in [0.2, 0.25) is 0 Å². The SMILES string of the molecule is CC(=O)NCC1CCC(F)(F)CN1C(=O)c1nc(Nc2cc(OC(F)(F)F)ccn2)ccc1C. The van der Waals surface area contributed by atoms with Gasteiger partial charge in [0.1, 0.15) is 23.1 Å². The van der Waals surface area contributed by atoms with Crippen molar-refractivity contribution in [2.75, 3.05) is 18.4 Å². The van der Waals surface area contributed by atoms with Gasteiger partial charge in [-0.05, 0) is 31.0 Å². The van der Waals surface area contributed by atoms with Crippen molar-refractivity contribution in [3.63, 3.8) is 0 Å². The van der Waals surface area contributed by atoms with Crippen LogP contribution in [0.25, 0.3) is 0 Å². The minimum atomic E-state index is -4.88. The summed E-state index contributed by atoms with van der Waals surface area (Å²) in [5, 5.41) is 5.23. The molecule has 2 aromatic rings. The summed E-state index contributed by atoms with van der Waals surface area (Å²) < 4.78 is 69.4. The van der Waals surface area contributed by atoms with E-state index in [4.69, 9.17) is 0 Å². The first-order valence-electron chi connectivity index (χ1n) is 10.2. The zero-order valence-electron chi connectivity index (χ0n) is 18.2. The van der Waals surface area contributed by atoms with E-state index >= 15 is 0 Å². The molecule has 8 nitrogen and oxygen atoms in total. The Morgan fingerprint density at radius 1 is 1.24 bits per heavy atom. The van der Waals surface area contributed by atoms with E-state index < -0.39 is 42.9 Å². The van der Waals surface area contributed by atoms with Crippen LogP contribution in [0, 0.1) is 6.92 Å². The molecule has 1 unspecified atom stereocenters. The number of likely N-dealkylation sites (tertiary alicyclic amines) is 1. The highest BCUT2D eigenvalue weighted by molar-refractivity contribution is 5.94. The van der Waals surface area contributed by atoms with Gasteiger partial charge < -0.3 is 20.3 Å². The molecule has 184 valence electrons. The average molecular weight is 487 g/mol. The van der Waals surface area contributed by atoms with Crippen LogP contribution < -0.4 is 15.4 Å². The summed E-state index contributed by atoms with van der Waals surface area (Å²) in [4.78, 5) is 33.6. The van der Waals surface area contributed by atoms with Crippen LogP contribution in [-0.4, -0.2) is 58.1 Å². The molecule has 3 rings (SSSR count). The fourth-order valence-corrected chi connectivity index (χ4v) is 3.46. The predicted octanol–water partition coefficient (Wildman–Crippen LogP) is 3.80. The van der Waals surface area contributed by atoms with Crippen LogP contribution in [0.15, 0.2) is 30.5 Å². The molecular formula is C21H22F5N5O3. The van der Waals surface area contributed by atoms with Crippen molar-refractivity contribution >= 4 is 23.5 Å². The predicted molar refractivity (Wildman–Crippen MR) is 111 cm³/mol. The molecule has 1 atom stereocenters. The van der Waals surface area contributed by atoms with Crippen LogP contribution in [0.5, 0.6) is 5.75 Å². The molecular weight excluding hydrogens is 465 g/mol. The van der Waals surface area contributed by atoms with Crippen molar-refractivity contribution in [3.8, 4) is 5.75 Å². The lowest BCUT2D eigenvalue weighted by Gasteiger charge is -2.39. The van der Waals surface area contributed by atoms with Gasteiger partial charge in [-0.15, -0.1) is 13.2 Å². The number of rotatable bonds is 6. The van der Waals surface area contributed by atoms with E-state index in [9.17, 15) is 31.5 Å². The maximum atomic E-state index is 14.1. The fraction of sp³-hybridized carbons (Fsp3) is 0.429. The summed E-state index contributed by atoms with van der Waals surface area (Å²) in [6.07, 6.45) is -4.22. The Labute approximate surface area is 191 Å². The van der Waals surface area contributed by atoms with Crippen LogP contribution in [-0.2, 0) is 4.79 Å². The zero-order valence-corrected chi connectivity index (χ0v) is 18.2. The van der Waals surface area contributed by atoms with Crippen LogP contribution in [0.3, 0.4) is 0 Å². The normalized spacial score (nSPS) is 17.7. The van der Waals surface area contributed by atoms with E-state index in [1.165, 1.54) is 19.1 Å². The van der Waals surface area contributed by atoms with E-state index in [-0.39, 0.29) is 36.2 Å². The Bertz CT molecular complexity index is 1060. The number of aromatic nitrogens is 2. The number of hydrogen-bond acceptors (Lipinski definition) is 6. The Hall–Kier alpha value is -3.51. The molecule has 2 N–H and O–H groups in total. The fourth-order valence-electron chi connectivity index (χ4n) is 3.46. The van der Waals surface area contributed by atoms with Gasteiger partial charge in [0.2, 0.25) is 5.91 Å². The van der Waals surface area contributed by atoms with E-state index in [1.54, 1.807) is 6.92 Å². The van der Waals surface area contributed by atoms with Gasteiger partial charge in [0, 0.05) is 38.2 Å². The molecule has 1 saturated heterocycles. The van der Waals surface area contributed by atoms with Gasteiger partial charge in [0.05, 0.1) is 6.54 Å². The summed E-state index contributed by atoms with van der Waals surface area (Å²) in [5.41, 5.74) is 0.294. The average Bonchev–Trinajstić information content (AvgIpc) is 2.72. The lowest BCUT2D eigenvalue weighted by atomic mass is 9.98. The van der Waals surface area contributed by atoms with Gasteiger partial charge in [0.25, 0.3) is 11.8 Å². The number of pyridine rings is 2. The Morgan fingerprint density at radius 2 is 1.97 bits per heavy atom. The molecule has 0 spiro atoms. The molecule has 0 aliphatic carbocycles. The second-order valence-electron chi connectivity index (χ2n) is 7.83. The first-order chi connectivity index (χ1) is 15.8. The summed E-state index contributed by atoms with van der Waals surface area (Å²) in [7, 11) is 0. The molecule has 0 aromatic carbocycles. The minimum absolute atomic E-state index is 0.00801. The largest absolute Gasteiger partial charge is 0.573 e. The molecule has 2 aromatic heterocycles. The second-order valence-corrected chi connectivity index (χ2v) is 7.83. The monoisotopic (exact) mass is 487 g/mol. The van der Waals surface area contributed by atoms with Crippen molar-refractivity contribution < 1.29 is 36.3 Å². The number of anilines is 2. The first kappa shape index (κ1) is 25.1. The molecule has 13 heteroatoms. The van der Waals surface area contributed by atoms with Crippen molar-refractivity contribution in [1.82, 2.24) is 20.2 Å². The molecule has 0 saturated carbocycles. The third kappa shape index (κ3) is 6.75. The van der Waals surface area contributed by atoms with Crippen molar-refractivity contribution in [2.45, 2.75) is 45.0 Å². The van der Waals surface area contributed by atoms with Crippen LogP contribution >= 0.6 is 0 Å². The molecule has 1 aliphatic rings. The van der Waals surface area contributed by atoms with Crippen molar-refractivity contribution in [2.24, 2.45) is 0 Å². The lowest BCUT2D eigenvalue weighted by Crippen LogP contribution is -2.55. The van der Waals surface area contributed by atoms with Crippen LogP contribution in [0.4, 0.5) is 33.6 Å². The van der Waals surface area contributed by atoms with Gasteiger partial charge in [-0.3, -0.25) is 9.59 Å². The topological polar surface area (TPSA) is 96.5 Å². The highest BCUT2D eigenvalue weighted by Crippen LogP contribution is 2.32. The van der Waals surface area contributed by atoms with Gasteiger partial charge in [-0.1, -0.05) is 6.07 Å². The van der Waals surface area contributed by atoms with E-state index in [0.29, 0.717) is 5.56 Å². The molecule has 0 radical (unpaired) electrons. The number of carbonyl (C=O) groups is 2. The number of piperidine rings is 1. The van der Waals surface area contributed by atoms with Gasteiger partial charge >= 0.3 is 6.36 Å². The van der Waals surface area contributed by atoms with Gasteiger partial charge in [0.15, 0.2) is 0 Å². The number of alkyl halides is 5. The number of amides is 2. The lowest BCUT2D eigenvalue weighted by molar-refractivity contribution is -0.274. The number of hydrogen-bond donors (Lipinski definition) is 2. The summed E-state index contributed by atoms with van der Waals surface area (Å²) in [5.74, 6) is -4.68. The maximum absolute atomic E-state index is 14.1. The Balaban J connectivity index is 1.83. The smallest absolute Gasteiger partial charge is 0.406 e. The number of nitrogens with one attached hydrogen (secondary N) is 2. The zero-order chi connectivity index (χ0) is 25.1. The van der Waals surface area contributed by atoms with E-state index in [0.717, 1.165) is 23.2 Å². The number of ether oxygens (including phenoxy) is 1. The maximum Gasteiger partial charge on any atom is 0.573 e. The highest BCUT2D eigenvalue weighted by atomic mass is 19.4. The number of halogens is 5. The third-order valence-corrected chi connectivity index (χ3v) is 5.05. The number of carbonyl (C=O) groups excluding carboxylic acids is 2. The minimum Gasteiger partial charge on any atom is -0.406 e. The summed E-state index contributed by atoms with van der Waals surface area (Å²) in [6.45, 7) is 2.05. The first-order valence-corrected chi connectivity index (χ1v) is 10.2. The molecule has 2 amide bonds. The van der Waals surface area contributed by atoms with E-state index in [2.05, 4.69) is 25.3 Å². The van der Waals surface area contributed by atoms with Gasteiger partial charge in [-0.25, -0.2) is 18.7 Å². The van der Waals surface area contributed by atoms with Crippen LogP contribution in [0.1, 0.15) is 35.8 Å². The van der Waals surface area contributed by atoms with Crippen molar-refractivity contribution in [1.29, 1.82) is 0 Å². The standard InChI is InChI=1S/C21H22F5N5O3/c1-12-3-4-16(29-17-9-15(6-8-27-17)34-21(24,25)26)30-18(12)19(33)31-11-20(22,23)7-5-14(31)10-28-13(2)32/h3-4,6,8-9,14H,5,7,10-11H2,1-2H3,(H,28,32)(H,27,29,30).